The fraction of sp³-hybridized carbons (Fsp3) is 0.500. The number of aromatic nitrogens is 6. The van der Waals surface area contributed by atoms with Gasteiger partial charge in [0.25, 0.3) is 0 Å². The van der Waals surface area contributed by atoms with Gasteiger partial charge in [0.2, 0.25) is 5.95 Å². The number of hydrogen-bond acceptors (Lipinski definition) is 6. The van der Waals surface area contributed by atoms with Crippen LogP contribution in [-0.4, -0.2) is 49.0 Å². The first-order chi connectivity index (χ1) is 13.8. The molecule has 4 heterocycles. The average molecular weight is 379 g/mol. The summed E-state index contributed by atoms with van der Waals surface area (Å²) in [6, 6.07) is 8.70. The van der Waals surface area contributed by atoms with Crippen LogP contribution in [-0.2, 0) is 31.3 Å². The Morgan fingerprint density at radius 3 is 2.79 bits per heavy atom. The summed E-state index contributed by atoms with van der Waals surface area (Å²) in [6.45, 7) is 3.38. The van der Waals surface area contributed by atoms with Crippen molar-refractivity contribution in [2.75, 3.05) is 18.1 Å². The van der Waals surface area contributed by atoms with E-state index in [4.69, 9.17) is 4.74 Å². The molecule has 0 radical (unpaired) electrons. The molecular weight excluding hydrogens is 354 g/mol. The smallest absolute Gasteiger partial charge is 0.227 e. The maximum atomic E-state index is 5.91. The van der Waals surface area contributed by atoms with E-state index in [9.17, 15) is 0 Å². The van der Waals surface area contributed by atoms with Crippen LogP contribution in [0, 0.1) is 0 Å². The van der Waals surface area contributed by atoms with Crippen molar-refractivity contribution in [3.63, 3.8) is 0 Å². The molecule has 28 heavy (non-hydrogen) atoms. The number of rotatable bonds is 4. The molecule has 0 N–H and O–H groups in total. The van der Waals surface area contributed by atoms with Crippen LogP contribution in [0.2, 0.25) is 0 Å². The van der Waals surface area contributed by atoms with Crippen molar-refractivity contribution in [1.29, 1.82) is 0 Å². The number of benzene rings is 1. The van der Waals surface area contributed by atoms with Gasteiger partial charge in [0.1, 0.15) is 0 Å². The van der Waals surface area contributed by atoms with Crippen molar-refractivity contribution < 1.29 is 4.74 Å². The molecule has 8 heteroatoms. The van der Waals surface area contributed by atoms with Crippen LogP contribution in [0.3, 0.4) is 0 Å². The van der Waals surface area contributed by atoms with Gasteiger partial charge in [-0.15, -0.1) is 15.3 Å². The van der Waals surface area contributed by atoms with Gasteiger partial charge in [0, 0.05) is 26.7 Å². The third-order valence-electron chi connectivity index (χ3n) is 5.61. The first-order valence-electron chi connectivity index (χ1n) is 10.0. The standard InChI is InChI=1S/C20H25N7O/c1-25-14-18(21-24-25)19-22-23-20(27(19)13-17-9-5-11-28-17)26-10-4-8-15-6-2-3-7-16(15)12-26/h2-3,6-7,14,17H,4-5,8-13H2,1H3. The fourth-order valence-electron chi connectivity index (χ4n) is 4.20. The van der Waals surface area contributed by atoms with Crippen molar-refractivity contribution in [3.8, 4) is 11.5 Å². The van der Waals surface area contributed by atoms with Crippen molar-refractivity contribution in [3.05, 3.63) is 41.6 Å². The van der Waals surface area contributed by atoms with Crippen molar-refractivity contribution in [2.45, 2.75) is 44.9 Å². The highest BCUT2D eigenvalue weighted by molar-refractivity contribution is 5.52. The van der Waals surface area contributed by atoms with Crippen LogP contribution in [0.5, 0.6) is 0 Å². The van der Waals surface area contributed by atoms with Gasteiger partial charge in [-0.3, -0.25) is 9.25 Å². The van der Waals surface area contributed by atoms with Gasteiger partial charge in [0.05, 0.1) is 18.8 Å². The van der Waals surface area contributed by atoms with Crippen molar-refractivity contribution >= 4 is 5.95 Å². The molecule has 5 rings (SSSR count). The van der Waals surface area contributed by atoms with Crippen LogP contribution in [0.15, 0.2) is 30.5 Å². The minimum atomic E-state index is 0.199. The zero-order valence-electron chi connectivity index (χ0n) is 16.2. The van der Waals surface area contributed by atoms with E-state index in [1.54, 1.807) is 4.68 Å². The van der Waals surface area contributed by atoms with Gasteiger partial charge in [0.15, 0.2) is 11.5 Å². The number of fused-ring (bicyclic) bond motifs is 1. The van der Waals surface area contributed by atoms with E-state index in [1.165, 1.54) is 11.1 Å². The second-order valence-corrected chi connectivity index (χ2v) is 7.64. The maximum Gasteiger partial charge on any atom is 0.227 e. The van der Waals surface area contributed by atoms with Gasteiger partial charge in [-0.05, 0) is 36.8 Å². The first kappa shape index (κ1) is 17.4. The highest BCUT2D eigenvalue weighted by atomic mass is 16.5. The Bertz CT molecular complexity index is 957. The van der Waals surface area contributed by atoms with Crippen molar-refractivity contribution in [2.24, 2.45) is 7.05 Å². The lowest BCUT2D eigenvalue weighted by Gasteiger charge is -2.24. The highest BCUT2D eigenvalue weighted by Crippen LogP contribution is 2.28. The molecule has 0 amide bonds. The Morgan fingerprint density at radius 2 is 2.00 bits per heavy atom. The van der Waals surface area contributed by atoms with E-state index in [0.717, 1.165) is 69.4 Å². The second kappa shape index (κ2) is 7.35. The predicted molar refractivity (Wildman–Crippen MR) is 105 cm³/mol. The predicted octanol–water partition coefficient (Wildman–Crippen LogP) is 2.21. The molecule has 2 aromatic heterocycles. The third kappa shape index (κ3) is 3.28. The molecule has 146 valence electrons. The largest absolute Gasteiger partial charge is 0.376 e. The maximum absolute atomic E-state index is 5.91. The van der Waals surface area contributed by atoms with E-state index in [1.807, 2.05) is 13.2 Å². The van der Waals surface area contributed by atoms with Crippen LogP contribution < -0.4 is 4.90 Å². The number of nitrogens with zero attached hydrogens (tertiary/aromatic N) is 7. The Hall–Kier alpha value is -2.74. The molecule has 1 unspecified atom stereocenters. The average Bonchev–Trinajstić information content (AvgIpc) is 3.42. The fourth-order valence-corrected chi connectivity index (χ4v) is 4.20. The Balaban J connectivity index is 1.52. The summed E-state index contributed by atoms with van der Waals surface area (Å²) in [4.78, 5) is 2.34. The minimum Gasteiger partial charge on any atom is -0.376 e. The lowest BCUT2D eigenvalue weighted by atomic mass is 10.0. The number of ether oxygens (including phenoxy) is 1. The minimum absolute atomic E-state index is 0.199. The van der Waals surface area contributed by atoms with Gasteiger partial charge >= 0.3 is 0 Å². The summed E-state index contributed by atoms with van der Waals surface area (Å²) >= 11 is 0. The highest BCUT2D eigenvalue weighted by Gasteiger charge is 2.26. The topological polar surface area (TPSA) is 73.9 Å². The molecule has 8 nitrogen and oxygen atoms in total. The zero-order chi connectivity index (χ0) is 18.9. The molecule has 0 saturated carbocycles. The third-order valence-corrected chi connectivity index (χ3v) is 5.61. The molecular formula is C20H25N7O. The van der Waals surface area contributed by atoms with Gasteiger partial charge < -0.3 is 9.64 Å². The van der Waals surface area contributed by atoms with Gasteiger partial charge in [-0.2, -0.15) is 0 Å². The summed E-state index contributed by atoms with van der Waals surface area (Å²) in [5.41, 5.74) is 3.55. The van der Waals surface area contributed by atoms with E-state index in [2.05, 4.69) is 54.2 Å². The summed E-state index contributed by atoms with van der Waals surface area (Å²) in [7, 11) is 1.87. The van der Waals surface area contributed by atoms with Crippen molar-refractivity contribution in [1.82, 2.24) is 29.8 Å². The molecule has 3 aromatic rings. The molecule has 1 aromatic carbocycles. The molecule has 1 atom stereocenters. The van der Waals surface area contributed by atoms with Gasteiger partial charge in [-0.25, -0.2) is 0 Å². The number of hydrogen-bond donors (Lipinski definition) is 0. The Kier molecular flexibility index (Phi) is 4.56. The lowest BCUT2D eigenvalue weighted by Crippen LogP contribution is -2.28. The number of anilines is 1. The second-order valence-electron chi connectivity index (χ2n) is 7.64. The molecule has 2 aliphatic heterocycles. The van der Waals surface area contributed by atoms with E-state index in [0.29, 0.717) is 0 Å². The van der Waals surface area contributed by atoms with Crippen LogP contribution in [0.25, 0.3) is 11.5 Å². The van der Waals surface area contributed by atoms with E-state index < -0.39 is 0 Å². The summed E-state index contributed by atoms with van der Waals surface area (Å²) in [5.74, 6) is 1.66. The normalized spacial score (nSPS) is 19.6. The summed E-state index contributed by atoms with van der Waals surface area (Å²) < 4.78 is 9.78. The molecule has 0 bridgehead atoms. The number of aryl methyl sites for hydroxylation is 2. The SMILES string of the molecule is Cn1cc(-c2nnc(N3CCCc4ccccc4C3)n2CC2CCCO2)nn1. The summed E-state index contributed by atoms with van der Waals surface area (Å²) in [6.07, 6.45) is 6.47. The lowest BCUT2D eigenvalue weighted by molar-refractivity contribution is 0.0975. The Morgan fingerprint density at radius 1 is 1.11 bits per heavy atom. The zero-order valence-corrected chi connectivity index (χ0v) is 16.2. The Labute approximate surface area is 164 Å². The van der Waals surface area contributed by atoms with Crippen LogP contribution in [0.4, 0.5) is 5.95 Å². The molecule has 0 spiro atoms. The molecule has 1 fully saturated rings. The van der Waals surface area contributed by atoms with E-state index >= 15 is 0 Å². The molecule has 1 saturated heterocycles. The molecule has 0 aliphatic carbocycles. The quantitative estimate of drug-likeness (QED) is 0.692. The van der Waals surface area contributed by atoms with E-state index in [-0.39, 0.29) is 6.10 Å². The first-order valence-corrected chi connectivity index (χ1v) is 10.0. The monoisotopic (exact) mass is 379 g/mol. The van der Waals surface area contributed by atoms with Crippen LogP contribution in [0.1, 0.15) is 30.4 Å². The molecule has 2 aliphatic rings. The summed E-state index contributed by atoms with van der Waals surface area (Å²) in [5, 5.41) is 17.4. The van der Waals surface area contributed by atoms with Crippen LogP contribution >= 0.6 is 0 Å². The van der Waals surface area contributed by atoms with Gasteiger partial charge in [-0.1, -0.05) is 29.5 Å².